The molecule has 0 unspecified atom stereocenters. The normalized spacial score (nSPS) is 20.1. The standard InChI is InChI=1S/C32H31N3O5/c36-21-23-10-12-28-29(19-23)40-32(38)35(28)15-5-4-6-22-9-11-27(26(18-22)24-7-2-1-3-8-24)33-31(37)39-30-20-34-16-13-25(30)14-17-34/h1-4,6-12,18-19,21,25,30H,5,13-17,20H2,(H,33,37)/b6-4+/t30-/m0/s1. The number of fused-ring (bicyclic) bond motifs is 4. The van der Waals surface area contributed by atoms with Gasteiger partial charge in [0, 0.05) is 24.2 Å². The lowest BCUT2D eigenvalue weighted by Crippen LogP contribution is -2.52. The lowest BCUT2D eigenvalue weighted by atomic mass is 9.86. The second-order valence-electron chi connectivity index (χ2n) is 10.4. The van der Waals surface area contributed by atoms with Crippen molar-refractivity contribution in [2.24, 2.45) is 5.92 Å². The van der Waals surface area contributed by atoms with Crippen LogP contribution in [0.5, 0.6) is 0 Å². The summed E-state index contributed by atoms with van der Waals surface area (Å²) in [5, 5.41) is 2.99. The second-order valence-corrected chi connectivity index (χ2v) is 10.4. The van der Waals surface area contributed by atoms with Crippen molar-refractivity contribution in [1.82, 2.24) is 9.47 Å². The lowest BCUT2D eigenvalue weighted by Gasteiger charge is -2.43. The number of amides is 1. The fourth-order valence-corrected chi connectivity index (χ4v) is 5.74. The van der Waals surface area contributed by atoms with Crippen LogP contribution in [0.4, 0.5) is 10.5 Å². The van der Waals surface area contributed by atoms with Crippen LogP contribution >= 0.6 is 0 Å². The fraction of sp³-hybridized carbons (Fsp3) is 0.281. The number of rotatable bonds is 8. The van der Waals surface area contributed by atoms with E-state index in [4.69, 9.17) is 9.15 Å². The van der Waals surface area contributed by atoms with Crippen LogP contribution in [-0.2, 0) is 11.3 Å². The number of benzene rings is 3. The van der Waals surface area contributed by atoms with Crippen molar-refractivity contribution in [2.75, 3.05) is 25.0 Å². The zero-order valence-electron chi connectivity index (χ0n) is 22.1. The number of allylic oxidation sites excluding steroid dienone is 1. The van der Waals surface area contributed by atoms with Crippen molar-refractivity contribution in [3.63, 3.8) is 0 Å². The Hall–Kier alpha value is -4.43. The van der Waals surface area contributed by atoms with Crippen LogP contribution in [0.15, 0.2) is 82.0 Å². The van der Waals surface area contributed by atoms with E-state index >= 15 is 0 Å². The third kappa shape index (κ3) is 5.49. The Kier molecular flexibility index (Phi) is 7.33. The van der Waals surface area contributed by atoms with Gasteiger partial charge >= 0.3 is 11.8 Å². The molecule has 1 N–H and O–H groups in total. The third-order valence-electron chi connectivity index (χ3n) is 7.88. The fourth-order valence-electron chi connectivity index (χ4n) is 5.74. The molecule has 204 valence electrons. The summed E-state index contributed by atoms with van der Waals surface area (Å²) < 4.78 is 12.7. The Labute approximate surface area is 231 Å². The van der Waals surface area contributed by atoms with E-state index in [1.54, 1.807) is 22.8 Å². The van der Waals surface area contributed by atoms with Crippen LogP contribution in [0.1, 0.15) is 35.2 Å². The van der Waals surface area contributed by atoms with Crippen molar-refractivity contribution < 1.29 is 18.7 Å². The Bertz CT molecular complexity index is 1610. The molecule has 8 nitrogen and oxygen atoms in total. The monoisotopic (exact) mass is 537 g/mol. The number of oxazole rings is 1. The molecule has 2 bridgehead atoms. The van der Waals surface area contributed by atoms with Crippen molar-refractivity contribution in [2.45, 2.75) is 31.9 Å². The minimum atomic E-state index is -0.446. The van der Waals surface area contributed by atoms with E-state index in [0.717, 1.165) is 55.5 Å². The highest BCUT2D eigenvalue weighted by molar-refractivity contribution is 5.92. The quantitative estimate of drug-likeness (QED) is 0.285. The highest BCUT2D eigenvalue weighted by Gasteiger charge is 2.36. The SMILES string of the molecule is O=Cc1ccc2c(c1)oc(=O)n2CC/C=C/c1ccc(NC(=O)O[C@H]2CN3CCC2CC3)c(-c2ccccc2)c1. The highest BCUT2D eigenvalue weighted by Crippen LogP contribution is 2.32. The smallest absolute Gasteiger partial charge is 0.419 e. The number of carbonyl (C=O) groups is 2. The van der Waals surface area contributed by atoms with Crippen LogP contribution in [0.2, 0.25) is 0 Å². The van der Waals surface area contributed by atoms with Gasteiger partial charge in [-0.15, -0.1) is 0 Å². The zero-order chi connectivity index (χ0) is 27.5. The van der Waals surface area contributed by atoms with Crippen LogP contribution in [0, 0.1) is 5.92 Å². The molecular weight excluding hydrogens is 506 g/mol. The van der Waals surface area contributed by atoms with Crippen molar-refractivity contribution in [3.05, 3.63) is 94.5 Å². The van der Waals surface area contributed by atoms with Crippen LogP contribution in [0.25, 0.3) is 28.3 Å². The van der Waals surface area contributed by atoms with Gasteiger partial charge in [0.2, 0.25) is 0 Å². The van der Waals surface area contributed by atoms with E-state index < -0.39 is 11.8 Å². The molecule has 3 fully saturated rings. The first-order valence-electron chi connectivity index (χ1n) is 13.7. The Balaban J connectivity index is 1.16. The van der Waals surface area contributed by atoms with Crippen LogP contribution in [0.3, 0.4) is 0 Å². The first kappa shape index (κ1) is 25.8. The largest absolute Gasteiger partial charge is 0.444 e. The molecule has 0 saturated carbocycles. The summed E-state index contributed by atoms with van der Waals surface area (Å²) in [6.07, 6.45) is 7.03. The van der Waals surface area contributed by atoms with E-state index in [1.165, 1.54) is 0 Å². The number of nitrogens with one attached hydrogen (secondary N) is 1. The predicted octanol–water partition coefficient (Wildman–Crippen LogP) is 5.82. The number of piperidine rings is 3. The maximum atomic E-state index is 12.9. The highest BCUT2D eigenvalue weighted by atomic mass is 16.6. The predicted molar refractivity (Wildman–Crippen MR) is 154 cm³/mol. The topological polar surface area (TPSA) is 93.8 Å². The molecule has 7 rings (SSSR count). The summed E-state index contributed by atoms with van der Waals surface area (Å²) in [6, 6.07) is 20.8. The molecule has 0 spiro atoms. The first-order valence-corrected chi connectivity index (χ1v) is 13.7. The number of aromatic nitrogens is 1. The van der Waals surface area contributed by atoms with E-state index in [9.17, 15) is 14.4 Å². The molecule has 1 amide bonds. The number of aryl methyl sites for hydroxylation is 1. The van der Waals surface area contributed by atoms with E-state index in [1.807, 2.05) is 60.7 Å². The molecule has 3 aliphatic heterocycles. The van der Waals surface area contributed by atoms with Gasteiger partial charge in [-0.3, -0.25) is 19.6 Å². The van der Waals surface area contributed by atoms with Gasteiger partial charge in [-0.05, 0) is 79.7 Å². The second kappa shape index (κ2) is 11.4. The molecule has 8 heteroatoms. The molecule has 3 saturated heterocycles. The number of carbonyl (C=O) groups excluding carboxylic acids is 2. The summed E-state index contributed by atoms with van der Waals surface area (Å²) in [5.74, 6) is -0.0000572. The van der Waals surface area contributed by atoms with Gasteiger partial charge in [0.25, 0.3) is 0 Å². The van der Waals surface area contributed by atoms with Gasteiger partial charge < -0.3 is 9.15 Å². The number of ether oxygens (including phenoxy) is 1. The van der Waals surface area contributed by atoms with Crippen molar-refractivity contribution in [3.8, 4) is 11.1 Å². The Morgan fingerprint density at radius 2 is 1.82 bits per heavy atom. The number of nitrogens with zero attached hydrogens (tertiary/aromatic N) is 2. The van der Waals surface area contributed by atoms with Gasteiger partial charge in [0.1, 0.15) is 12.4 Å². The van der Waals surface area contributed by atoms with E-state index in [0.29, 0.717) is 41.2 Å². The molecule has 1 atom stereocenters. The number of hydrogen-bond donors (Lipinski definition) is 1. The summed E-state index contributed by atoms with van der Waals surface area (Å²) >= 11 is 0. The zero-order valence-corrected chi connectivity index (χ0v) is 22.1. The molecule has 4 heterocycles. The number of anilines is 1. The Morgan fingerprint density at radius 3 is 2.58 bits per heavy atom. The van der Waals surface area contributed by atoms with Crippen molar-refractivity contribution >= 4 is 35.2 Å². The van der Waals surface area contributed by atoms with Gasteiger partial charge in [-0.25, -0.2) is 9.59 Å². The average molecular weight is 538 g/mol. The molecule has 4 aromatic rings. The maximum absolute atomic E-state index is 12.9. The number of hydrogen-bond acceptors (Lipinski definition) is 6. The van der Waals surface area contributed by atoms with Gasteiger partial charge in [-0.2, -0.15) is 0 Å². The summed E-state index contributed by atoms with van der Waals surface area (Å²) in [7, 11) is 0. The molecule has 3 aliphatic rings. The summed E-state index contributed by atoms with van der Waals surface area (Å²) in [5.41, 5.74) is 5.08. The molecular formula is C32H31N3O5. The van der Waals surface area contributed by atoms with E-state index in [-0.39, 0.29) is 6.10 Å². The minimum Gasteiger partial charge on any atom is -0.444 e. The van der Waals surface area contributed by atoms with Gasteiger partial charge in [0.15, 0.2) is 5.58 Å². The molecule has 40 heavy (non-hydrogen) atoms. The third-order valence-corrected chi connectivity index (χ3v) is 7.88. The molecule has 3 aromatic carbocycles. The molecule has 0 aliphatic carbocycles. The lowest BCUT2D eigenvalue weighted by molar-refractivity contribution is -0.0289. The van der Waals surface area contributed by atoms with Gasteiger partial charge in [0.05, 0.1) is 11.2 Å². The van der Waals surface area contributed by atoms with Crippen LogP contribution in [-0.4, -0.2) is 47.6 Å². The maximum Gasteiger partial charge on any atom is 0.419 e. The van der Waals surface area contributed by atoms with Crippen LogP contribution < -0.4 is 11.1 Å². The Morgan fingerprint density at radius 1 is 1.02 bits per heavy atom. The summed E-state index contributed by atoms with van der Waals surface area (Å²) in [6.45, 7) is 3.45. The molecule has 0 radical (unpaired) electrons. The summed E-state index contributed by atoms with van der Waals surface area (Å²) in [4.78, 5) is 38.6. The minimum absolute atomic E-state index is 0.0585. The number of aldehydes is 1. The average Bonchev–Trinajstić information content (AvgIpc) is 3.30. The van der Waals surface area contributed by atoms with E-state index in [2.05, 4.69) is 10.2 Å². The van der Waals surface area contributed by atoms with Crippen molar-refractivity contribution in [1.29, 1.82) is 0 Å². The van der Waals surface area contributed by atoms with Gasteiger partial charge in [-0.1, -0.05) is 48.6 Å². The molecule has 1 aromatic heterocycles. The first-order chi connectivity index (χ1) is 19.6.